The van der Waals surface area contributed by atoms with E-state index in [1.54, 1.807) is 6.92 Å². The van der Waals surface area contributed by atoms with Crippen molar-refractivity contribution in [2.45, 2.75) is 12.6 Å². The Morgan fingerprint density at radius 1 is 1.50 bits per heavy atom. The van der Waals surface area contributed by atoms with Crippen molar-refractivity contribution >= 4 is 24.8 Å². The van der Waals surface area contributed by atoms with Gasteiger partial charge in [0.25, 0.3) is 12.4 Å². The minimum absolute atomic E-state index is 0.0762. The predicted octanol–water partition coefficient (Wildman–Crippen LogP) is -1.84. The highest BCUT2D eigenvalue weighted by atomic mass is 16.6. The lowest BCUT2D eigenvalue weighted by Crippen LogP contribution is -2.63. The number of carboxylic acids is 1. The van der Waals surface area contributed by atoms with Crippen LogP contribution in [0.1, 0.15) is 6.92 Å². The van der Waals surface area contributed by atoms with Crippen LogP contribution in [0.2, 0.25) is 0 Å². The molecule has 0 aliphatic heterocycles. The first kappa shape index (κ1) is 13.9. The van der Waals surface area contributed by atoms with E-state index in [0.717, 1.165) is 7.05 Å². The molecule has 1 atom stereocenters. The molecule has 0 radical (unpaired) electrons. The topological polar surface area (TPSA) is 113 Å². The fraction of sp³-hybridized carbons (Fsp3) is 0.500. The number of amides is 2. The smallest absolute Gasteiger partial charge is 0.381 e. The molecule has 0 saturated heterocycles. The normalized spacial score (nSPS) is 13.1. The van der Waals surface area contributed by atoms with Gasteiger partial charge in [-0.15, -0.1) is 0 Å². The summed E-state index contributed by atoms with van der Waals surface area (Å²) in [5, 5.41) is 11.1. The first-order valence-corrected chi connectivity index (χ1v) is 4.28. The molecule has 0 spiro atoms. The van der Waals surface area contributed by atoms with Gasteiger partial charge in [-0.2, -0.15) is 0 Å². The third-order valence-electron chi connectivity index (χ3n) is 1.81. The van der Waals surface area contributed by atoms with E-state index in [1.807, 2.05) is 0 Å². The lowest BCUT2D eigenvalue weighted by atomic mass is 10.2. The Labute approximate surface area is 91.2 Å². The molecular weight excluding hydrogens is 220 g/mol. The molecule has 0 aliphatic rings. The van der Waals surface area contributed by atoms with E-state index in [2.05, 4.69) is 10.1 Å². The number of rotatable bonds is 7. The summed E-state index contributed by atoms with van der Waals surface area (Å²) in [6.45, 7) is 1.47. The number of carboxylic acid groups (broad SMARTS) is 1. The maximum atomic E-state index is 11.5. The molecule has 0 rings (SSSR count). The van der Waals surface area contributed by atoms with E-state index in [-0.39, 0.29) is 19.4 Å². The number of likely N-dealkylation sites (N-methyl/N-ethyl adjacent to an activating group) is 2. The van der Waals surface area contributed by atoms with Crippen LogP contribution in [0.15, 0.2) is 0 Å². The highest BCUT2D eigenvalue weighted by Crippen LogP contribution is 2.14. The molecule has 8 heteroatoms. The van der Waals surface area contributed by atoms with Crippen LogP contribution >= 0.6 is 0 Å². The third kappa shape index (κ3) is 2.27. The molecule has 0 heterocycles. The molecule has 2 amide bonds. The average Bonchev–Trinajstić information content (AvgIpc) is 2.24. The SMILES string of the molecule is CCNC(=O)C(OC=O)(C(=O)O)N(C)C=O. The monoisotopic (exact) mass is 232 g/mol. The van der Waals surface area contributed by atoms with Gasteiger partial charge in [-0.3, -0.25) is 19.3 Å². The lowest BCUT2D eigenvalue weighted by molar-refractivity contribution is -0.196. The van der Waals surface area contributed by atoms with Gasteiger partial charge in [0.2, 0.25) is 6.41 Å². The highest BCUT2D eigenvalue weighted by Gasteiger charge is 2.53. The predicted molar refractivity (Wildman–Crippen MR) is 50.0 cm³/mol. The number of carbonyl (C=O) groups excluding carboxylic acids is 3. The number of aliphatic carboxylic acids is 1. The molecular formula is C8H12N2O6. The van der Waals surface area contributed by atoms with Gasteiger partial charge in [-0.1, -0.05) is 0 Å². The van der Waals surface area contributed by atoms with Crippen molar-refractivity contribution in [2.75, 3.05) is 13.6 Å². The second-order valence-electron chi connectivity index (χ2n) is 2.74. The molecule has 0 aromatic carbocycles. The van der Waals surface area contributed by atoms with E-state index in [4.69, 9.17) is 5.11 Å². The fourth-order valence-corrected chi connectivity index (χ4v) is 1.02. The van der Waals surface area contributed by atoms with Crippen LogP contribution in [0.5, 0.6) is 0 Å². The van der Waals surface area contributed by atoms with Crippen molar-refractivity contribution in [3.63, 3.8) is 0 Å². The minimum Gasteiger partial charge on any atom is -0.476 e. The molecule has 16 heavy (non-hydrogen) atoms. The number of nitrogens with zero attached hydrogens (tertiary/aromatic N) is 1. The number of hydrogen-bond acceptors (Lipinski definition) is 5. The van der Waals surface area contributed by atoms with E-state index < -0.39 is 17.6 Å². The van der Waals surface area contributed by atoms with Crippen LogP contribution < -0.4 is 5.32 Å². The van der Waals surface area contributed by atoms with Crippen molar-refractivity contribution < 1.29 is 29.0 Å². The Kier molecular flexibility index (Phi) is 4.93. The molecule has 1 unspecified atom stereocenters. The van der Waals surface area contributed by atoms with Gasteiger partial charge < -0.3 is 15.2 Å². The van der Waals surface area contributed by atoms with Crippen molar-refractivity contribution in [1.29, 1.82) is 0 Å². The maximum absolute atomic E-state index is 11.5. The zero-order valence-electron chi connectivity index (χ0n) is 8.80. The standard InChI is InChI=1S/C8H12N2O6/c1-3-9-6(13)8(7(14)15,16-5-12)10(2)4-11/h4-5H,3H2,1-2H3,(H,9,13)(H,14,15). The van der Waals surface area contributed by atoms with Crippen LogP contribution in [-0.4, -0.2) is 54.1 Å². The van der Waals surface area contributed by atoms with Crippen LogP contribution in [-0.2, 0) is 23.9 Å². The van der Waals surface area contributed by atoms with Gasteiger partial charge in [0.1, 0.15) is 0 Å². The largest absolute Gasteiger partial charge is 0.476 e. The summed E-state index contributed by atoms with van der Waals surface area (Å²) in [7, 11) is 1.01. The summed E-state index contributed by atoms with van der Waals surface area (Å²) in [5.74, 6) is -2.87. The Balaban J connectivity index is 5.40. The van der Waals surface area contributed by atoms with Crippen molar-refractivity contribution in [1.82, 2.24) is 10.2 Å². The van der Waals surface area contributed by atoms with Gasteiger partial charge in [-0.25, -0.2) is 4.79 Å². The molecule has 0 fully saturated rings. The van der Waals surface area contributed by atoms with Crippen LogP contribution in [0.25, 0.3) is 0 Å². The molecule has 0 aliphatic carbocycles. The van der Waals surface area contributed by atoms with Gasteiger partial charge >= 0.3 is 11.7 Å². The Morgan fingerprint density at radius 2 is 2.06 bits per heavy atom. The first-order chi connectivity index (χ1) is 7.47. The van der Waals surface area contributed by atoms with Crippen LogP contribution in [0.4, 0.5) is 0 Å². The average molecular weight is 232 g/mol. The van der Waals surface area contributed by atoms with Crippen molar-refractivity contribution in [3.05, 3.63) is 0 Å². The highest BCUT2D eigenvalue weighted by molar-refractivity contribution is 6.07. The van der Waals surface area contributed by atoms with Crippen molar-refractivity contribution in [3.8, 4) is 0 Å². The molecule has 2 N–H and O–H groups in total. The zero-order chi connectivity index (χ0) is 12.8. The molecule has 90 valence electrons. The third-order valence-corrected chi connectivity index (χ3v) is 1.81. The quantitative estimate of drug-likeness (QED) is 0.303. The van der Waals surface area contributed by atoms with Crippen molar-refractivity contribution in [2.24, 2.45) is 0 Å². The summed E-state index contributed by atoms with van der Waals surface area (Å²) in [6.07, 6.45) is 0.0762. The number of hydrogen-bond donors (Lipinski definition) is 2. The van der Waals surface area contributed by atoms with Gasteiger partial charge in [0.15, 0.2) is 0 Å². The summed E-state index contributed by atoms with van der Waals surface area (Å²) in [6, 6.07) is 0. The van der Waals surface area contributed by atoms with E-state index in [1.165, 1.54) is 0 Å². The van der Waals surface area contributed by atoms with E-state index >= 15 is 0 Å². The van der Waals surface area contributed by atoms with Crippen LogP contribution in [0, 0.1) is 0 Å². The number of nitrogens with one attached hydrogen (secondary N) is 1. The van der Waals surface area contributed by atoms with Gasteiger partial charge in [-0.05, 0) is 6.92 Å². The number of carbonyl (C=O) groups is 4. The zero-order valence-corrected chi connectivity index (χ0v) is 8.80. The van der Waals surface area contributed by atoms with Gasteiger partial charge in [0.05, 0.1) is 0 Å². The van der Waals surface area contributed by atoms with E-state index in [9.17, 15) is 19.2 Å². The summed E-state index contributed by atoms with van der Waals surface area (Å²) in [5.41, 5.74) is -2.67. The summed E-state index contributed by atoms with van der Waals surface area (Å²) in [4.78, 5) is 43.7. The Morgan fingerprint density at radius 3 is 2.38 bits per heavy atom. The molecule has 0 bridgehead atoms. The molecule has 0 saturated carbocycles. The lowest BCUT2D eigenvalue weighted by Gasteiger charge is -2.31. The van der Waals surface area contributed by atoms with E-state index in [0.29, 0.717) is 4.90 Å². The molecule has 8 nitrogen and oxygen atoms in total. The minimum atomic E-state index is -2.67. The van der Waals surface area contributed by atoms with Crippen LogP contribution in [0.3, 0.4) is 0 Å². The molecule has 0 aromatic heterocycles. The summed E-state index contributed by atoms with van der Waals surface area (Å²) >= 11 is 0. The maximum Gasteiger partial charge on any atom is 0.381 e. The number of ether oxygens (including phenoxy) is 1. The second-order valence-corrected chi connectivity index (χ2v) is 2.74. The van der Waals surface area contributed by atoms with Gasteiger partial charge in [0, 0.05) is 13.6 Å². The first-order valence-electron chi connectivity index (χ1n) is 4.28. The molecule has 0 aromatic rings. The fourth-order valence-electron chi connectivity index (χ4n) is 1.02. The Bertz CT molecular complexity index is 305. The Hall–Kier alpha value is -2.12. The second kappa shape index (κ2) is 5.69. The summed E-state index contributed by atoms with van der Waals surface area (Å²) < 4.78 is 4.26.